The summed E-state index contributed by atoms with van der Waals surface area (Å²) in [5, 5.41) is 12.7. The van der Waals surface area contributed by atoms with Gasteiger partial charge in [-0.3, -0.25) is 4.79 Å². The van der Waals surface area contributed by atoms with Crippen molar-refractivity contribution in [1.29, 1.82) is 0 Å². The molecule has 0 heterocycles. The third-order valence-electron chi connectivity index (χ3n) is 3.74. The predicted octanol–water partition coefficient (Wildman–Crippen LogP) is 3.15. The SMILES string of the molecule is Cc1c(O)cccc1C(=O)NC1CCCCCC1. The number of phenolic OH excluding ortho intramolecular Hbond substituents is 1. The molecule has 18 heavy (non-hydrogen) atoms. The molecule has 1 aromatic carbocycles. The summed E-state index contributed by atoms with van der Waals surface area (Å²) in [5.41, 5.74) is 1.24. The van der Waals surface area contributed by atoms with Crippen LogP contribution in [0.25, 0.3) is 0 Å². The first kappa shape index (κ1) is 12.9. The molecule has 1 fully saturated rings. The predicted molar refractivity (Wildman–Crippen MR) is 71.8 cm³/mol. The van der Waals surface area contributed by atoms with Gasteiger partial charge < -0.3 is 10.4 Å². The standard InChI is InChI=1S/C15H21NO2/c1-11-13(9-6-10-14(11)17)15(18)16-12-7-4-2-3-5-8-12/h6,9-10,12,17H,2-5,7-8H2,1H3,(H,16,18). The molecule has 0 atom stereocenters. The van der Waals surface area contributed by atoms with Crippen LogP contribution in [0.4, 0.5) is 0 Å². The molecule has 3 heteroatoms. The molecule has 1 aliphatic rings. The molecule has 0 aromatic heterocycles. The number of benzene rings is 1. The maximum absolute atomic E-state index is 12.2. The molecule has 0 bridgehead atoms. The van der Waals surface area contributed by atoms with Gasteiger partial charge in [0.1, 0.15) is 5.75 Å². The summed E-state index contributed by atoms with van der Waals surface area (Å²) in [6.07, 6.45) is 7.09. The van der Waals surface area contributed by atoms with Crippen LogP contribution in [0.2, 0.25) is 0 Å². The van der Waals surface area contributed by atoms with Gasteiger partial charge in [-0.2, -0.15) is 0 Å². The maximum atomic E-state index is 12.2. The Kier molecular flexibility index (Phi) is 4.24. The van der Waals surface area contributed by atoms with Crippen molar-refractivity contribution >= 4 is 5.91 Å². The van der Waals surface area contributed by atoms with Crippen LogP contribution in [0.3, 0.4) is 0 Å². The van der Waals surface area contributed by atoms with Crippen LogP contribution in [0.5, 0.6) is 5.75 Å². The number of carbonyl (C=O) groups is 1. The van der Waals surface area contributed by atoms with E-state index in [2.05, 4.69) is 5.32 Å². The summed E-state index contributed by atoms with van der Waals surface area (Å²) >= 11 is 0. The molecule has 0 unspecified atom stereocenters. The van der Waals surface area contributed by atoms with Gasteiger partial charge in [0, 0.05) is 17.2 Å². The van der Waals surface area contributed by atoms with Crippen molar-refractivity contribution in [3.8, 4) is 5.75 Å². The van der Waals surface area contributed by atoms with E-state index in [9.17, 15) is 9.90 Å². The molecule has 0 aliphatic heterocycles. The topological polar surface area (TPSA) is 49.3 Å². The summed E-state index contributed by atoms with van der Waals surface area (Å²) in [4.78, 5) is 12.2. The van der Waals surface area contributed by atoms with Gasteiger partial charge >= 0.3 is 0 Å². The quantitative estimate of drug-likeness (QED) is 0.789. The van der Waals surface area contributed by atoms with Crippen LogP contribution in [0, 0.1) is 6.92 Å². The molecule has 98 valence electrons. The number of amides is 1. The van der Waals surface area contributed by atoms with Crippen molar-refractivity contribution in [3.05, 3.63) is 29.3 Å². The van der Waals surface area contributed by atoms with E-state index in [1.54, 1.807) is 25.1 Å². The third-order valence-corrected chi connectivity index (χ3v) is 3.74. The Labute approximate surface area is 108 Å². The molecule has 1 aromatic rings. The Morgan fingerprint density at radius 1 is 1.22 bits per heavy atom. The number of aromatic hydroxyl groups is 1. The third kappa shape index (κ3) is 3.03. The highest BCUT2D eigenvalue weighted by molar-refractivity contribution is 5.96. The number of phenols is 1. The first-order valence-corrected chi connectivity index (χ1v) is 6.78. The van der Waals surface area contributed by atoms with E-state index in [-0.39, 0.29) is 11.7 Å². The molecule has 2 rings (SSSR count). The zero-order valence-electron chi connectivity index (χ0n) is 10.9. The van der Waals surface area contributed by atoms with Gasteiger partial charge in [0.25, 0.3) is 5.91 Å². The fourth-order valence-electron chi connectivity index (χ4n) is 2.56. The highest BCUT2D eigenvalue weighted by Gasteiger charge is 2.17. The summed E-state index contributed by atoms with van der Waals surface area (Å²) < 4.78 is 0. The lowest BCUT2D eigenvalue weighted by Gasteiger charge is -2.17. The first-order chi connectivity index (χ1) is 8.68. The van der Waals surface area contributed by atoms with E-state index in [1.165, 1.54) is 25.7 Å². The van der Waals surface area contributed by atoms with Gasteiger partial charge in [0.05, 0.1) is 0 Å². The lowest BCUT2D eigenvalue weighted by Crippen LogP contribution is -2.34. The van der Waals surface area contributed by atoms with E-state index in [0.717, 1.165) is 12.8 Å². The van der Waals surface area contributed by atoms with Crippen molar-refractivity contribution in [1.82, 2.24) is 5.32 Å². The van der Waals surface area contributed by atoms with Crippen LogP contribution in [-0.4, -0.2) is 17.1 Å². The fourth-order valence-corrected chi connectivity index (χ4v) is 2.56. The molecule has 0 spiro atoms. The minimum Gasteiger partial charge on any atom is -0.508 e. The Bertz CT molecular complexity index is 421. The first-order valence-electron chi connectivity index (χ1n) is 6.78. The number of hydrogen-bond donors (Lipinski definition) is 2. The normalized spacial score (nSPS) is 17.2. The van der Waals surface area contributed by atoms with Gasteiger partial charge in [-0.15, -0.1) is 0 Å². The maximum Gasteiger partial charge on any atom is 0.251 e. The largest absolute Gasteiger partial charge is 0.508 e. The van der Waals surface area contributed by atoms with Gasteiger partial charge in [0.2, 0.25) is 0 Å². The molecule has 1 aliphatic carbocycles. The van der Waals surface area contributed by atoms with Gasteiger partial charge in [-0.1, -0.05) is 31.7 Å². The second-order valence-corrected chi connectivity index (χ2v) is 5.11. The number of nitrogens with one attached hydrogen (secondary N) is 1. The fraction of sp³-hybridized carbons (Fsp3) is 0.533. The molecular weight excluding hydrogens is 226 g/mol. The average molecular weight is 247 g/mol. The Hall–Kier alpha value is -1.51. The summed E-state index contributed by atoms with van der Waals surface area (Å²) in [6, 6.07) is 5.38. The minimum atomic E-state index is -0.0599. The number of hydrogen-bond acceptors (Lipinski definition) is 2. The second-order valence-electron chi connectivity index (χ2n) is 5.11. The Morgan fingerprint density at radius 2 is 1.89 bits per heavy atom. The smallest absolute Gasteiger partial charge is 0.251 e. The Morgan fingerprint density at radius 3 is 2.56 bits per heavy atom. The lowest BCUT2D eigenvalue weighted by molar-refractivity contribution is 0.0932. The van der Waals surface area contributed by atoms with E-state index in [1.807, 2.05) is 0 Å². The summed E-state index contributed by atoms with van der Waals surface area (Å²) in [5.74, 6) is 0.124. The van der Waals surface area contributed by atoms with E-state index >= 15 is 0 Å². The molecular formula is C15H21NO2. The average Bonchev–Trinajstić information content (AvgIpc) is 2.61. The van der Waals surface area contributed by atoms with Crippen molar-refractivity contribution in [2.24, 2.45) is 0 Å². The van der Waals surface area contributed by atoms with Crippen molar-refractivity contribution in [2.45, 2.75) is 51.5 Å². The molecule has 0 radical (unpaired) electrons. The van der Waals surface area contributed by atoms with Crippen LogP contribution in [0.1, 0.15) is 54.4 Å². The molecule has 1 saturated carbocycles. The van der Waals surface area contributed by atoms with E-state index in [0.29, 0.717) is 17.2 Å². The summed E-state index contributed by atoms with van der Waals surface area (Å²) in [7, 11) is 0. The molecule has 3 nitrogen and oxygen atoms in total. The molecule has 2 N–H and O–H groups in total. The zero-order chi connectivity index (χ0) is 13.0. The van der Waals surface area contributed by atoms with E-state index in [4.69, 9.17) is 0 Å². The minimum absolute atomic E-state index is 0.0599. The van der Waals surface area contributed by atoms with Crippen LogP contribution >= 0.6 is 0 Å². The van der Waals surface area contributed by atoms with E-state index < -0.39 is 0 Å². The van der Waals surface area contributed by atoms with Crippen LogP contribution < -0.4 is 5.32 Å². The van der Waals surface area contributed by atoms with Crippen LogP contribution in [-0.2, 0) is 0 Å². The van der Waals surface area contributed by atoms with Gasteiger partial charge in [-0.25, -0.2) is 0 Å². The van der Waals surface area contributed by atoms with Gasteiger partial charge in [0.15, 0.2) is 0 Å². The summed E-state index contributed by atoms with van der Waals surface area (Å²) in [6.45, 7) is 1.78. The number of carbonyl (C=O) groups excluding carboxylic acids is 1. The second kappa shape index (κ2) is 5.89. The molecule has 0 saturated heterocycles. The Balaban J connectivity index is 2.04. The monoisotopic (exact) mass is 247 g/mol. The van der Waals surface area contributed by atoms with Crippen molar-refractivity contribution in [3.63, 3.8) is 0 Å². The van der Waals surface area contributed by atoms with Crippen LogP contribution in [0.15, 0.2) is 18.2 Å². The van der Waals surface area contributed by atoms with Crippen molar-refractivity contribution in [2.75, 3.05) is 0 Å². The molecule has 1 amide bonds. The lowest BCUT2D eigenvalue weighted by atomic mass is 10.0. The van der Waals surface area contributed by atoms with Crippen molar-refractivity contribution < 1.29 is 9.90 Å². The van der Waals surface area contributed by atoms with Gasteiger partial charge in [-0.05, 0) is 31.9 Å². The highest BCUT2D eigenvalue weighted by Crippen LogP contribution is 2.21. The number of rotatable bonds is 2. The zero-order valence-corrected chi connectivity index (χ0v) is 10.9. The highest BCUT2D eigenvalue weighted by atomic mass is 16.3.